The summed E-state index contributed by atoms with van der Waals surface area (Å²) in [5.41, 5.74) is 0.995. The first-order valence-corrected chi connectivity index (χ1v) is 10.5. The van der Waals surface area contributed by atoms with Crippen LogP contribution in [0.15, 0.2) is 42.9 Å². The van der Waals surface area contributed by atoms with Gasteiger partial charge < -0.3 is 9.88 Å². The average Bonchev–Trinajstić information content (AvgIpc) is 3.26. The van der Waals surface area contributed by atoms with Crippen LogP contribution in [-0.4, -0.2) is 30.9 Å². The van der Waals surface area contributed by atoms with Crippen LogP contribution in [0.4, 0.5) is 27.6 Å². The van der Waals surface area contributed by atoms with Crippen LogP contribution in [0.3, 0.4) is 0 Å². The third-order valence-electron chi connectivity index (χ3n) is 6.38. The van der Waals surface area contributed by atoms with Gasteiger partial charge in [-0.25, -0.2) is 13.8 Å². The van der Waals surface area contributed by atoms with Crippen LogP contribution in [-0.2, 0) is 11.1 Å². The van der Waals surface area contributed by atoms with E-state index in [1.807, 2.05) is 0 Å². The number of imidazole rings is 1. The molecule has 2 unspecified atom stereocenters. The van der Waals surface area contributed by atoms with E-state index in [4.69, 9.17) is 0 Å². The highest BCUT2D eigenvalue weighted by molar-refractivity contribution is 6.04. The summed E-state index contributed by atoms with van der Waals surface area (Å²) in [4.78, 5) is 21.5. The van der Waals surface area contributed by atoms with Crippen LogP contribution in [0.25, 0.3) is 22.3 Å². The number of β-lactam (4-membered cyclic amide) rings is 1. The number of aromatic amines is 1. The molecule has 12 heteroatoms. The molecule has 1 amide bonds. The lowest BCUT2D eigenvalue weighted by atomic mass is 9.78. The lowest BCUT2D eigenvalue weighted by Gasteiger charge is -2.48. The SMILES string of the molecule is O=C1C(C2CC2)C(c2c(F)cc(-c3cn(C(F)(F)F)nn3)cc2F)N1c1ccc2[nH]cnc2c1. The number of anilines is 1. The number of amides is 1. The third-order valence-corrected chi connectivity index (χ3v) is 6.38. The lowest BCUT2D eigenvalue weighted by Crippen LogP contribution is -2.56. The Morgan fingerprint density at radius 3 is 2.44 bits per heavy atom. The van der Waals surface area contributed by atoms with Gasteiger partial charge in [0.05, 0.1) is 35.5 Å². The summed E-state index contributed by atoms with van der Waals surface area (Å²) < 4.78 is 68.7. The number of hydrogen-bond donors (Lipinski definition) is 1. The van der Waals surface area contributed by atoms with Gasteiger partial charge in [-0.15, -0.1) is 18.3 Å². The smallest absolute Gasteiger partial charge is 0.345 e. The van der Waals surface area contributed by atoms with Gasteiger partial charge in [0.15, 0.2) is 0 Å². The van der Waals surface area contributed by atoms with Crippen molar-refractivity contribution in [1.29, 1.82) is 0 Å². The van der Waals surface area contributed by atoms with Crippen molar-refractivity contribution in [2.45, 2.75) is 25.2 Å². The van der Waals surface area contributed by atoms with E-state index in [0.717, 1.165) is 30.5 Å². The molecule has 34 heavy (non-hydrogen) atoms. The molecule has 2 aromatic carbocycles. The van der Waals surface area contributed by atoms with E-state index < -0.39 is 29.9 Å². The normalized spacial score (nSPS) is 20.7. The van der Waals surface area contributed by atoms with Crippen molar-refractivity contribution >= 4 is 22.6 Å². The molecular weight excluding hydrogens is 459 g/mol. The Morgan fingerprint density at radius 1 is 1.06 bits per heavy atom. The summed E-state index contributed by atoms with van der Waals surface area (Å²) in [6.45, 7) is 0. The summed E-state index contributed by atoms with van der Waals surface area (Å²) in [5, 5.41) is 6.35. The predicted octanol–water partition coefficient (Wildman–Crippen LogP) is 4.69. The summed E-state index contributed by atoms with van der Waals surface area (Å²) >= 11 is 0. The number of carbonyl (C=O) groups excluding carboxylic acids is 1. The van der Waals surface area contributed by atoms with Gasteiger partial charge in [-0.2, -0.15) is 4.68 Å². The second kappa shape index (κ2) is 7.08. The molecule has 1 saturated carbocycles. The third kappa shape index (κ3) is 3.16. The van der Waals surface area contributed by atoms with Crippen molar-refractivity contribution < 1.29 is 26.7 Å². The van der Waals surface area contributed by atoms with Gasteiger partial charge in [-0.3, -0.25) is 4.79 Å². The minimum atomic E-state index is -4.80. The lowest BCUT2D eigenvalue weighted by molar-refractivity contribution is -0.213. The summed E-state index contributed by atoms with van der Waals surface area (Å²) in [7, 11) is 0. The van der Waals surface area contributed by atoms with Gasteiger partial charge in [-0.1, -0.05) is 5.21 Å². The number of carbonyl (C=O) groups is 1. The quantitative estimate of drug-likeness (QED) is 0.344. The van der Waals surface area contributed by atoms with Gasteiger partial charge in [0.1, 0.15) is 17.3 Å². The number of nitrogens with zero attached hydrogens (tertiary/aromatic N) is 5. The molecule has 1 aliphatic carbocycles. The van der Waals surface area contributed by atoms with Gasteiger partial charge >= 0.3 is 6.30 Å². The van der Waals surface area contributed by atoms with Gasteiger partial charge in [-0.05, 0) is 49.1 Å². The highest BCUT2D eigenvalue weighted by Crippen LogP contribution is 2.55. The van der Waals surface area contributed by atoms with E-state index in [2.05, 4.69) is 20.3 Å². The number of H-pyrrole nitrogens is 1. The van der Waals surface area contributed by atoms with E-state index in [9.17, 15) is 18.0 Å². The molecule has 3 heterocycles. The minimum absolute atomic E-state index is 0.0352. The first kappa shape index (κ1) is 20.8. The predicted molar refractivity (Wildman–Crippen MR) is 109 cm³/mol. The maximum atomic E-state index is 15.3. The molecule has 174 valence electrons. The van der Waals surface area contributed by atoms with Crippen LogP contribution < -0.4 is 4.90 Å². The van der Waals surface area contributed by atoms with Crippen LogP contribution in [0.1, 0.15) is 24.4 Å². The van der Waals surface area contributed by atoms with Crippen molar-refractivity contribution in [1.82, 2.24) is 25.0 Å². The molecule has 0 bridgehead atoms. The van der Waals surface area contributed by atoms with Crippen LogP contribution in [0, 0.1) is 23.5 Å². The molecule has 7 nitrogen and oxygen atoms in total. The van der Waals surface area contributed by atoms with Crippen molar-refractivity contribution in [2.24, 2.45) is 11.8 Å². The molecule has 6 rings (SSSR count). The van der Waals surface area contributed by atoms with Gasteiger partial charge in [0.2, 0.25) is 5.91 Å². The first-order valence-electron chi connectivity index (χ1n) is 10.5. The van der Waals surface area contributed by atoms with Gasteiger partial charge in [0.25, 0.3) is 0 Å². The van der Waals surface area contributed by atoms with E-state index in [1.165, 1.54) is 11.2 Å². The second-order valence-electron chi connectivity index (χ2n) is 8.49. The molecule has 2 aromatic heterocycles. The van der Waals surface area contributed by atoms with E-state index >= 15 is 8.78 Å². The zero-order valence-corrected chi connectivity index (χ0v) is 17.2. The number of benzene rings is 2. The minimum Gasteiger partial charge on any atom is -0.345 e. The van der Waals surface area contributed by atoms with Crippen molar-refractivity contribution in [3.63, 3.8) is 0 Å². The number of fused-ring (bicyclic) bond motifs is 1. The molecule has 1 aliphatic heterocycles. The molecular formula is C22H15F5N6O. The monoisotopic (exact) mass is 474 g/mol. The first-order chi connectivity index (χ1) is 16.2. The molecule has 4 aromatic rings. The van der Waals surface area contributed by atoms with Crippen LogP contribution in [0.2, 0.25) is 0 Å². The molecule has 2 aliphatic rings. The fourth-order valence-electron chi connectivity index (χ4n) is 4.63. The topological polar surface area (TPSA) is 79.7 Å². The fraction of sp³-hybridized carbons (Fsp3) is 0.273. The van der Waals surface area contributed by atoms with Crippen molar-refractivity contribution in [3.05, 3.63) is 60.1 Å². The highest BCUT2D eigenvalue weighted by atomic mass is 19.4. The van der Waals surface area contributed by atoms with E-state index in [1.54, 1.807) is 18.2 Å². The zero-order valence-electron chi connectivity index (χ0n) is 17.2. The number of nitrogens with one attached hydrogen (secondary N) is 1. The number of halogens is 5. The Morgan fingerprint density at radius 2 is 1.79 bits per heavy atom. The molecule has 0 radical (unpaired) electrons. The Balaban J connectivity index is 1.41. The van der Waals surface area contributed by atoms with E-state index in [0.29, 0.717) is 17.4 Å². The standard InChI is InChI=1S/C22H15F5N6O/c23-13-5-11(17-8-32(31-30-17)22(25,26)27)6-14(24)19(13)20-18(10-1-2-10)21(34)33(20)12-3-4-15-16(7-12)29-9-28-15/h3-10,18,20H,1-2H2,(H,28,29). The Hall–Kier alpha value is -3.83. The number of rotatable bonds is 4. The Bertz CT molecular complexity index is 1420. The van der Waals surface area contributed by atoms with Crippen LogP contribution in [0.5, 0.6) is 0 Å². The van der Waals surface area contributed by atoms with Crippen LogP contribution >= 0.6 is 0 Å². The summed E-state index contributed by atoms with van der Waals surface area (Å²) in [5.74, 6) is -2.70. The zero-order chi connectivity index (χ0) is 23.8. The summed E-state index contributed by atoms with van der Waals surface area (Å²) in [6.07, 6.45) is -1.16. The highest BCUT2D eigenvalue weighted by Gasteiger charge is 2.56. The number of alkyl halides is 3. The van der Waals surface area contributed by atoms with Crippen molar-refractivity contribution in [3.8, 4) is 11.3 Å². The number of hydrogen-bond acceptors (Lipinski definition) is 4. The summed E-state index contributed by atoms with van der Waals surface area (Å²) in [6, 6.07) is 6.03. The maximum Gasteiger partial charge on any atom is 0.505 e. The Labute approximate surface area is 188 Å². The number of aromatic nitrogens is 5. The van der Waals surface area contributed by atoms with E-state index in [-0.39, 0.29) is 33.3 Å². The second-order valence-corrected chi connectivity index (χ2v) is 8.49. The Kier molecular flexibility index (Phi) is 4.32. The fourth-order valence-corrected chi connectivity index (χ4v) is 4.63. The van der Waals surface area contributed by atoms with Gasteiger partial charge in [0, 0.05) is 16.8 Å². The van der Waals surface area contributed by atoms with Crippen molar-refractivity contribution in [2.75, 3.05) is 4.90 Å². The average molecular weight is 474 g/mol. The largest absolute Gasteiger partial charge is 0.505 e. The molecule has 2 atom stereocenters. The molecule has 0 spiro atoms. The molecule has 1 saturated heterocycles. The molecule has 2 fully saturated rings. The molecule has 1 N–H and O–H groups in total. The maximum absolute atomic E-state index is 15.3.